The van der Waals surface area contributed by atoms with Crippen molar-refractivity contribution >= 4 is 58.8 Å². The van der Waals surface area contributed by atoms with Gasteiger partial charge in [0.1, 0.15) is 4.83 Å². The Balaban J connectivity index is 1.04. The van der Waals surface area contributed by atoms with E-state index in [1.165, 1.54) is 53.2 Å². The first-order chi connectivity index (χ1) is 26.8. The number of fused-ring (bicyclic) bond motifs is 7. The van der Waals surface area contributed by atoms with Crippen LogP contribution >= 0.6 is 11.3 Å². The monoisotopic (exact) mass is 705 g/mol. The maximum Gasteiger partial charge on any atom is 0.161 e. The fourth-order valence-electron chi connectivity index (χ4n) is 8.07. The van der Waals surface area contributed by atoms with Crippen molar-refractivity contribution in [2.24, 2.45) is 0 Å². The first kappa shape index (κ1) is 30.7. The lowest BCUT2D eigenvalue weighted by atomic mass is 9.97. The van der Waals surface area contributed by atoms with E-state index >= 15 is 0 Å². The molecule has 11 rings (SSSR count). The van der Waals surface area contributed by atoms with Crippen molar-refractivity contribution in [1.82, 2.24) is 14.4 Å². The number of nitrogens with zero attached hydrogens (tertiary/aromatic N) is 3. The largest absolute Gasteiger partial charge is 0.299 e. The topological polar surface area (TPSA) is 30.2 Å². The van der Waals surface area contributed by atoms with E-state index in [0.29, 0.717) is 5.82 Å². The van der Waals surface area contributed by atoms with Gasteiger partial charge in [-0.3, -0.25) is 4.40 Å². The summed E-state index contributed by atoms with van der Waals surface area (Å²) in [7, 11) is 0. The van der Waals surface area contributed by atoms with Gasteiger partial charge in [0, 0.05) is 27.6 Å². The summed E-state index contributed by atoms with van der Waals surface area (Å²) in [6.45, 7) is 0. The summed E-state index contributed by atoms with van der Waals surface area (Å²) in [6.07, 6.45) is 0. The van der Waals surface area contributed by atoms with Crippen molar-refractivity contribution in [1.29, 1.82) is 0 Å². The summed E-state index contributed by atoms with van der Waals surface area (Å²) in [5.41, 5.74) is 12.3. The quantitative estimate of drug-likeness (QED) is 0.178. The minimum Gasteiger partial charge on any atom is -0.299 e. The zero-order valence-corrected chi connectivity index (χ0v) is 30.0. The maximum atomic E-state index is 5.28. The van der Waals surface area contributed by atoms with Gasteiger partial charge >= 0.3 is 0 Å². The van der Waals surface area contributed by atoms with E-state index in [4.69, 9.17) is 9.97 Å². The Kier molecular flexibility index (Phi) is 7.04. The Morgan fingerprint density at radius 1 is 0.389 bits per heavy atom. The van der Waals surface area contributed by atoms with Crippen LogP contribution in [0.1, 0.15) is 0 Å². The average molecular weight is 706 g/mol. The molecule has 3 heterocycles. The number of thiazole rings is 1. The molecule has 0 unspecified atom stereocenters. The summed E-state index contributed by atoms with van der Waals surface area (Å²) >= 11 is 1.86. The van der Waals surface area contributed by atoms with Gasteiger partial charge in [-0.25, -0.2) is 9.97 Å². The molecule has 0 aliphatic heterocycles. The number of hydrogen-bond donors (Lipinski definition) is 0. The van der Waals surface area contributed by atoms with E-state index in [1.54, 1.807) is 0 Å². The minimum atomic E-state index is 0.717. The van der Waals surface area contributed by atoms with Crippen LogP contribution in [0.4, 0.5) is 0 Å². The van der Waals surface area contributed by atoms with Crippen molar-refractivity contribution in [3.63, 3.8) is 0 Å². The molecule has 54 heavy (non-hydrogen) atoms. The first-order valence-electron chi connectivity index (χ1n) is 18.2. The average Bonchev–Trinajstić information content (AvgIpc) is 3.78. The molecule has 0 spiro atoms. The molecule has 0 bridgehead atoms. The molecule has 8 aromatic carbocycles. The predicted octanol–water partition coefficient (Wildman–Crippen LogP) is 13.7. The lowest BCUT2D eigenvalue weighted by molar-refractivity contribution is 1.19. The highest BCUT2D eigenvalue weighted by atomic mass is 32.1. The summed E-state index contributed by atoms with van der Waals surface area (Å²) < 4.78 is 3.72. The smallest absolute Gasteiger partial charge is 0.161 e. The van der Waals surface area contributed by atoms with Crippen LogP contribution < -0.4 is 0 Å². The van der Waals surface area contributed by atoms with Crippen LogP contribution in [0.5, 0.6) is 0 Å². The molecule has 0 fully saturated rings. The Bertz CT molecular complexity index is 3120. The van der Waals surface area contributed by atoms with Crippen molar-refractivity contribution in [3.05, 3.63) is 188 Å². The Labute approximate surface area is 316 Å². The molecule has 0 saturated heterocycles. The zero-order valence-electron chi connectivity index (χ0n) is 29.1. The Morgan fingerprint density at radius 2 is 0.963 bits per heavy atom. The van der Waals surface area contributed by atoms with Crippen LogP contribution in [-0.4, -0.2) is 14.4 Å². The van der Waals surface area contributed by atoms with E-state index < -0.39 is 0 Å². The van der Waals surface area contributed by atoms with Gasteiger partial charge in [0.15, 0.2) is 5.82 Å². The third kappa shape index (κ3) is 4.96. The summed E-state index contributed by atoms with van der Waals surface area (Å²) in [4.78, 5) is 11.8. The summed E-state index contributed by atoms with van der Waals surface area (Å²) in [5, 5.41) is 5.94. The molecule has 0 N–H and O–H groups in total. The molecule has 0 radical (unpaired) electrons. The fourth-order valence-corrected chi connectivity index (χ4v) is 9.31. The molecule has 0 atom stereocenters. The van der Waals surface area contributed by atoms with Gasteiger partial charge in [-0.05, 0) is 68.6 Å². The normalized spacial score (nSPS) is 11.7. The van der Waals surface area contributed by atoms with Gasteiger partial charge in [-0.15, -0.1) is 11.3 Å². The van der Waals surface area contributed by atoms with E-state index in [9.17, 15) is 0 Å². The SMILES string of the molecule is c1cc(-c2ccc(-c3c4ccccc4n4c3sc3ccccc34)cc2)cc(-c2cc(-c3cccc4ccccc34)nc(-c3cccc4ccccc34)n2)c1. The second kappa shape index (κ2) is 12.4. The summed E-state index contributed by atoms with van der Waals surface area (Å²) in [6, 6.07) is 67.2. The molecule has 0 saturated carbocycles. The van der Waals surface area contributed by atoms with Crippen LogP contribution in [-0.2, 0) is 0 Å². The number of rotatable bonds is 5. The van der Waals surface area contributed by atoms with Crippen molar-refractivity contribution in [3.8, 4) is 56.2 Å². The zero-order chi connectivity index (χ0) is 35.6. The third-order valence-electron chi connectivity index (χ3n) is 10.6. The van der Waals surface area contributed by atoms with Crippen LogP contribution in [0.15, 0.2) is 188 Å². The van der Waals surface area contributed by atoms with Crippen LogP contribution in [0.2, 0.25) is 0 Å². The molecule has 11 aromatic rings. The molecular formula is C50H31N3S. The summed E-state index contributed by atoms with van der Waals surface area (Å²) in [5.74, 6) is 0.717. The highest BCUT2D eigenvalue weighted by Gasteiger charge is 2.19. The second-order valence-electron chi connectivity index (χ2n) is 13.8. The van der Waals surface area contributed by atoms with Crippen molar-refractivity contribution in [2.75, 3.05) is 0 Å². The lowest BCUT2D eigenvalue weighted by Crippen LogP contribution is -1.97. The molecule has 3 nitrogen and oxygen atoms in total. The molecule has 252 valence electrons. The van der Waals surface area contributed by atoms with E-state index in [0.717, 1.165) is 44.6 Å². The number of para-hydroxylation sites is 2. The van der Waals surface area contributed by atoms with Gasteiger partial charge in [0.2, 0.25) is 0 Å². The predicted molar refractivity (Wildman–Crippen MR) is 228 cm³/mol. The van der Waals surface area contributed by atoms with Gasteiger partial charge in [-0.2, -0.15) is 0 Å². The molecule has 4 heteroatoms. The van der Waals surface area contributed by atoms with Gasteiger partial charge in [0.25, 0.3) is 0 Å². The lowest BCUT2D eigenvalue weighted by Gasteiger charge is -2.13. The molecule has 3 aromatic heterocycles. The third-order valence-corrected chi connectivity index (χ3v) is 11.8. The highest BCUT2D eigenvalue weighted by Crippen LogP contribution is 2.43. The van der Waals surface area contributed by atoms with E-state index in [1.807, 2.05) is 11.3 Å². The fraction of sp³-hybridized carbons (Fsp3) is 0. The van der Waals surface area contributed by atoms with Gasteiger partial charge in [-0.1, -0.05) is 158 Å². The Hall–Kier alpha value is -6.88. The number of hydrogen-bond acceptors (Lipinski definition) is 3. The highest BCUT2D eigenvalue weighted by molar-refractivity contribution is 7.24. The van der Waals surface area contributed by atoms with E-state index in [2.05, 4.69) is 192 Å². The minimum absolute atomic E-state index is 0.717. The van der Waals surface area contributed by atoms with Crippen LogP contribution in [0.25, 0.3) is 104 Å². The maximum absolute atomic E-state index is 5.28. The van der Waals surface area contributed by atoms with Crippen LogP contribution in [0, 0.1) is 0 Å². The van der Waals surface area contributed by atoms with Crippen molar-refractivity contribution in [2.45, 2.75) is 0 Å². The first-order valence-corrected chi connectivity index (χ1v) is 19.1. The second-order valence-corrected chi connectivity index (χ2v) is 14.8. The molecular weight excluding hydrogens is 675 g/mol. The van der Waals surface area contributed by atoms with Gasteiger partial charge in [0.05, 0.1) is 27.1 Å². The standard InChI is InChI=1S/C50H31N3S/c1-3-18-38-33(12-1)14-10-21-40(38)44-31-43(51-49(52-44)41-22-11-15-34-13-2-4-19-39(34)41)37-17-9-16-36(30-37)32-26-28-35(29-27-32)48-42-20-5-6-23-45(42)53-46-24-7-8-25-47(46)54-50(48)53/h1-31H. The number of benzene rings is 8. The van der Waals surface area contributed by atoms with Crippen LogP contribution in [0.3, 0.4) is 0 Å². The Morgan fingerprint density at radius 3 is 1.76 bits per heavy atom. The molecule has 0 aliphatic carbocycles. The molecule has 0 aliphatic rings. The van der Waals surface area contributed by atoms with Gasteiger partial charge < -0.3 is 0 Å². The number of aromatic nitrogens is 3. The molecule has 0 amide bonds. The van der Waals surface area contributed by atoms with E-state index in [-0.39, 0.29) is 0 Å². The van der Waals surface area contributed by atoms with Crippen molar-refractivity contribution < 1.29 is 0 Å².